The zero-order chi connectivity index (χ0) is 19.8. The number of amides is 1. The van der Waals surface area contributed by atoms with Crippen LogP contribution in [0.5, 0.6) is 11.5 Å². The van der Waals surface area contributed by atoms with Gasteiger partial charge in [0.05, 0.1) is 12.6 Å². The highest BCUT2D eigenvalue weighted by atomic mass is 19.3. The molecule has 0 heterocycles. The van der Waals surface area contributed by atoms with Gasteiger partial charge in [-0.2, -0.15) is 8.78 Å². The summed E-state index contributed by atoms with van der Waals surface area (Å²) in [5.74, 6) is -0.0280. The molecule has 1 amide bonds. The minimum absolute atomic E-state index is 0.0367. The van der Waals surface area contributed by atoms with Crippen LogP contribution in [0.1, 0.15) is 18.1 Å². The van der Waals surface area contributed by atoms with Gasteiger partial charge in [0.15, 0.2) is 11.5 Å². The Hall–Kier alpha value is -2.67. The lowest BCUT2D eigenvalue weighted by atomic mass is 10.1. The lowest BCUT2D eigenvalue weighted by molar-refractivity contribution is -0.131. The molecule has 2 rings (SSSR count). The van der Waals surface area contributed by atoms with E-state index in [1.165, 1.54) is 11.0 Å². The quantitative estimate of drug-likeness (QED) is 0.728. The fourth-order valence-corrected chi connectivity index (χ4v) is 2.70. The van der Waals surface area contributed by atoms with Crippen molar-refractivity contribution in [3.05, 3.63) is 59.7 Å². The third-order valence-electron chi connectivity index (χ3n) is 3.94. The SMILES string of the molecule is CCOc1cc(CN(C)C(=O)[C@@H](N)Cc2ccccc2)ccc1OC(F)F. The first kappa shape index (κ1) is 20.6. The van der Waals surface area contributed by atoms with Crippen molar-refractivity contribution in [2.45, 2.75) is 32.5 Å². The number of benzene rings is 2. The number of hydrogen-bond donors (Lipinski definition) is 1. The Labute approximate surface area is 157 Å². The third-order valence-corrected chi connectivity index (χ3v) is 3.94. The van der Waals surface area contributed by atoms with E-state index in [1.54, 1.807) is 26.1 Å². The molecule has 0 aliphatic heterocycles. The average molecular weight is 378 g/mol. The van der Waals surface area contributed by atoms with Gasteiger partial charge < -0.3 is 20.1 Å². The van der Waals surface area contributed by atoms with Gasteiger partial charge in [-0.05, 0) is 36.6 Å². The maximum atomic E-state index is 12.5. The zero-order valence-electron chi connectivity index (χ0n) is 15.4. The van der Waals surface area contributed by atoms with Crippen molar-refractivity contribution in [2.75, 3.05) is 13.7 Å². The molecule has 0 spiro atoms. The first-order chi connectivity index (χ1) is 12.9. The number of alkyl halides is 2. The Bertz CT molecular complexity index is 741. The summed E-state index contributed by atoms with van der Waals surface area (Å²) in [7, 11) is 1.65. The molecule has 7 heteroatoms. The number of ether oxygens (including phenoxy) is 2. The minimum atomic E-state index is -2.93. The van der Waals surface area contributed by atoms with Crippen molar-refractivity contribution in [1.29, 1.82) is 0 Å². The Kier molecular flexibility index (Phi) is 7.55. The molecular weight excluding hydrogens is 354 g/mol. The van der Waals surface area contributed by atoms with E-state index >= 15 is 0 Å². The van der Waals surface area contributed by atoms with Crippen LogP contribution in [0.4, 0.5) is 8.78 Å². The van der Waals surface area contributed by atoms with Crippen LogP contribution in [-0.2, 0) is 17.8 Å². The summed E-state index contributed by atoms with van der Waals surface area (Å²) in [6.07, 6.45) is 0.440. The lowest BCUT2D eigenvalue weighted by Crippen LogP contribution is -2.42. The molecule has 0 saturated carbocycles. The summed E-state index contributed by atoms with van der Waals surface area (Å²) in [6.45, 7) is -0.608. The van der Waals surface area contributed by atoms with E-state index in [0.29, 0.717) is 13.0 Å². The number of nitrogens with zero attached hydrogens (tertiary/aromatic N) is 1. The van der Waals surface area contributed by atoms with Crippen LogP contribution in [0, 0.1) is 0 Å². The van der Waals surface area contributed by atoms with Gasteiger partial charge in [0.25, 0.3) is 0 Å². The van der Waals surface area contributed by atoms with E-state index < -0.39 is 12.7 Å². The summed E-state index contributed by atoms with van der Waals surface area (Å²) in [5.41, 5.74) is 7.75. The highest BCUT2D eigenvalue weighted by Gasteiger charge is 2.19. The van der Waals surface area contributed by atoms with E-state index in [4.69, 9.17) is 10.5 Å². The van der Waals surface area contributed by atoms with Gasteiger partial charge in [-0.3, -0.25) is 4.79 Å². The van der Waals surface area contributed by atoms with E-state index in [0.717, 1.165) is 11.1 Å². The molecule has 0 aromatic heterocycles. The lowest BCUT2D eigenvalue weighted by Gasteiger charge is -2.22. The van der Waals surface area contributed by atoms with Crippen LogP contribution in [0.2, 0.25) is 0 Å². The number of nitrogens with two attached hydrogens (primary N) is 1. The maximum Gasteiger partial charge on any atom is 0.387 e. The van der Waals surface area contributed by atoms with Gasteiger partial charge in [0, 0.05) is 13.6 Å². The normalized spacial score (nSPS) is 11.9. The molecule has 5 nitrogen and oxygen atoms in total. The molecule has 27 heavy (non-hydrogen) atoms. The van der Waals surface area contributed by atoms with E-state index in [-0.39, 0.29) is 24.0 Å². The number of hydrogen-bond acceptors (Lipinski definition) is 4. The molecule has 0 fully saturated rings. The van der Waals surface area contributed by atoms with Crippen molar-refractivity contribution < 1.29 is 23.0 Å². The molecule has 1 atom stereocenters. The second kappa shape index (κ2) is 9.87. The van der Waals surface area contributed by atoms with Crippen molar-refractivity contribution >= 4 is 5.91 Å². The van der Waals surface area contributed by atoms with Crippen LogP contribution in [0.15, 0.2) is 48.5 Å². The molecule has 0 aliphatic carbocycles. The van der Waals surface area contributed by atoms with Crippen LogP contribution in [-0.4, -0.2) is 37.1 Å². The second-order valence-electron chi connectivity index (χ2n) is 6.08. The highest BCUT2D eigenvalue weighted by molar-refractivity contribution is 5.81. The molecule has 2 aromatic rings. The second-order valence-corrected chi connectivity index (χ2v) is 6.08. The largest absolute Gasteiger partial charge is 0.490 e. The molecule has 2 N–H and O–H groups in total. The Balaban J connectivity index is 2.04. The summed E-state index contributed by atoms with van der Waals surface area (Å²) in [6, 6.07) is 13.5. The van der Waals surface area contributed by atoms with Gasteiger partial charge in [-0.15, -0.1) is 0 Å². The molecule has 146 valence electrons. The monoisotopic (exact) mass is 378 g/mol. The number of rotatable bonds is 9. The average Bonchev–Trinajstić information content (AvgIpc) is 2.64. The summed E-state index contributed by atoms with van der Waals surface area (Å²) in [4.78, 5) is 14.0. The Morgan fingerprint density at radius 2 is 1.81 bits per heavy atom. The molecule has 2 aromatic carbocycles. The molecular formula is C20H24F2N2O3. The van der Waals surface area contributed by atoms with Gasteiger partial charge in [0.1, 0.15) is 0 Å². The predicted octanol–water partition coefficient (Wildman–Crippen LogP) is 3.22. The highest BCUT2D eigenvalue weighted by Crippen LogP contribution is 2.30. The first-order valence-electron chi connectivity index (χ1n) is 8.65. The Morgan fingerprint density at radius 3 is 2.44 bits per heavy atom. The number of halogens is 2. The standard InChI is InChI=1S/C20H24F2N2O3/c1-3-26-18-12-15(9-10-17(18)27-20(21)22)13-24(2)19(25)16(23)11-14-7-5-4-6-8-14/h4-10,12,16,20H,3,11,13,23H2,1-2H3/t16-/m0/s1. The van der Waals surface area contributed by atoms with E-state index in [9.17, 15) is 13.6 Å². The van der Waals surface area contributed by atoms with Crippen LogP contribution in [0.25, 0.3) is 0 Å². The van der Waals surface area contributed by atoms with Crippen LogP contribution >= 0.6 is 0 Å². The van der Waals surface area contributed by atoms with E-state index in [2.05, 4.69) is 4.74 Å². The third kappa shape index (κ3) is 6.21. The van der Waals surface area contributed by atoms with Gasteiger partial charge in [-0.25, -0.2) is 0 Å². The molecule has 0 bridgehead atoms. The fraction of sp³-hybridized carbons (Fsp3) is 0.350. The van der Waals surface area contributed by atoms with Crippen LogP contribution in [0.3, 0.4) is 0 Å². The van der Waals surface area contributed by atoms with Crippen molar-refractivity contribution in [1.82, 2.24) is 4.90 Å². The molecule has 0 unspecified atom stereocenters. The number of carbonyl (C=O) groups excluding carboxylic acids is 1. The van der Waals surface area contributed by atoms with E-state index in [1.807, 2.05) is 30.3 Å². The molecule has 0 aliphatic rings. The van der Waals surface area contributed by atoms with Crippen LogP contribution < -0.4 is 15.2 Å². The van der Waals surface area contributed by atoms with Crippen molar-refractivity contribution in [2.24, 2.45) is 5.73 Å². The zero-order valence-corrected chi connectivity index (χ0v) is 15.4. The first-order valence-corrected chi connectivity index (χ1v) is 8.65. The summed E-state index contributed by atoms with van der Waals surface area (Å²) >= 11 is 0. The van der Waals surface area contributed by atoms with Gasteiger partial charge >= 0.3 is 6.61 Å². The molecule has 0 saturated heterocycles. The Morgan fingerprint density at radius 1 is 1.11 bits per heavy atom. The summed E-state index contributed by atoms with van der Waals surface area (Å²) < 4.78 is 34.8. The molecule has 0 radical (unpaired) electrons. The minimum Gasteiger partial charge on any atom is -0.490 e. The topological polar surface area (TPSA) is 64.8 Å². The van der Waals surface area contributed by atoms with Crippen molar-refractivity contribution in [3.8, 4) is 11.5 Å². The number of carbonyl (C=O) groups is 1. The summed E-state index contributed by atoms with van der Waals surface area (Å²) in [5, 5.41) is 0. The fourth-order valence-electron chi connectivity index (χ4n) is 2.70. The van der Waals surface area contributed by atoms with Crippen molar-refractivity contribution in [3.63, 3.8) is 0 Å². The predicted molar refractivity (Wildman–Crippen MR) is 98.8 cm³/mol. The number of likely N-dealkylation sites (N-methyl/N-ethyl adjacent to an activating group) is 1. The van der Waals surface area contributed by atoms with Gasteiger partial charge in [-0.1, -0.05) is 36.4 Å². The maximum absolute atomic E-state index is 12.5. The smallest absolute Gasteiger partial charge is 0.387 e. The van der Waals surface area contributed by atoms with Gasteiger partial charge in [0.2, 0.25) is 5.91 Å².